The maximum absolute atomic E-state index is 13.1. The topological polar surface area (TPSA) is 133 Å². The van der Waals surface area contributed by atoms with Crippen molar-refractivity contribution in [3.8, 4) is 0 Å². The summed E-state index contributed by atoms with van der Waals surface area (Å²) in [4.78, 5) is 49.0. The second-order valence-corrected chi connectivity index (χ2v) is 8.93. The van der Waals surface area contributed by atoms with Crippen molar-refractivity contribution in [3.63, 3.8) is 0 Å². The van der Waals surface area contributed by atoms with Gasteiger partial charge in [-0.2, -0.15) is 0 Å². The molecule has 0 heterocycles. The van der Waals surface area contributed by atoms with E-state index in [0.717, 1.165) is 30.7 Å². The fourth-order valence-electron chi connectivity index (χ4n) is 3.87. The van der Waals surface area contributed by atoms with Crippen molar-refractivity contribution in [2.75, 3.05) is 19.5 Å². The number of amides is 4. The molecule has 9 nitrogen and oxygen atoms in total. The molecule has 0 saturated heterocycles. The largest absolute Gasteiger partial charge is 0.465 e. The van der Waals surface area contributed by atoms with Gasteiger partial charge in [-0.05, 0) is 32.6 Å². The van der Waals surface area contributed by atoms with Crippen LogP contribution in [-0.4, -0.2) is 63.8 Å². The maximum atomic E-state index is 13.1. The van der Waals surface area contributed by atoms with Crippen molar-refractivity contribution in [1.82, 2.24) is 15.3 Å². The normalized spacial score (nSPS) is 15.9. The lowest BCUT2D eigenvalue weighted by Crippen LogP contribution is -2.52. The number of nitrogens with zero attached hydrogens (tertiary/aromatic N) is 2. The minimum atomic E-state index is -1.07. The summed E-state index contributed by atoms with van der Waals surface area (Å²) in [6, 6.07) is 0. The molecule has 30 heavy (non-hydrogen) atoms. The van der Waals surface area contributed by atoms with Gasteiger partial charge in [0.1, 0.15) is 5.88 Å². The molecule has 0 aromatic carbocycles. The van der Waals surface area contributed by atoms with E-state index < -0.39 is 29.4 Å². The summed E-state index contributed by atoms with van der Waals surface area (Å²) >= 11 is 5.63. The van der Waals surface area contributed by atoms with Crippen LogP contribution in [0.4, 0.5) is 4.79 Å². The molecular formula is C20H35ClN4O5. The minimum Gasteiger partial charge on any atom is -0.465 e. The average molecular weight is 447 g/mol. The van der Waals surface area contributed by atoms with E-state index in [4.69, 9.17) is 17.3 Å². The highest BCUT2D eigenvalue weighted by Gasteiger charge is 2.35. The Labute approximate surface area is 183 Å². The average Bonchev–Trinajstić information content (AvgIpc) is 2.69. The number of nitrogens with one attached hydrogen (secondary N) is 1. The van der Waals surface area contributed by atoms with Crippen molar-refractivity contribution in [2.24, 2.45) is 17.6 Å². The van der Waals surface area contributed by atoms with Crippen LogP contribution in [0, 0.1) is 11.8 Å². The van der Waals surface area contributed by atoms with Gasteiger partial charge in [0.2, 0.25) is 11.8 Å². The summed E-state index contributed by atoms with van der Waals surface area (Å²) < 4.78 is 0. The molecule has 1 rings (SSSR count). The van der Waals surface area contributed by atoms with Gasteiger partial charge in [0, 0.05) is 24.9 Å². The fraction of sp³-hybridized carbons (Fsp3) is 0.800. The molecule has 0 aliphatic heterocycles. The van der Waals surface area contributed by atoms with Gasteiger partial charge in [-0.15, -0.1) is 11.6 Å². The van der Waals surface area contributed by atoms with Crippen molar-refractivity contribution in [2.45, 2.75) is 70.8 Å². The fourth-order valence-corrected chi connectivity index (χ4v) is 4.01. The van der Waals surface area contributed by atoms with Gasteiger partial charge in [-0.25, -0.2) is 4.79 Å². The van der Waals surface area contributed by atoms with Gasteiger partial charge in [-0.1, -0.05) is 32.1 Å². The Morgan fingerprint density at radius 3 is 2.30 bits per heavy atom. The molecule has 0 spiro atoms. The van der Waals surface area contributed by atoms with Crippen molar-refractivity contribution in [3.05, 3.63) is 0 Å². The zero-order valence-corrected chi connectivity index (χ0v) is 18.9. The third-order valence-electron chi connectivity index (χ3n) is 5.90. The third kappa shape index (κ3) is 8.38. The van der Waals surface area contributed by atoms with Crippen molar-refractivity contribution < 1.29 is 24.3 Å². The van der Waals surface area contributed by atoms with E-state index in [1.54, 1.807) is 13.8 Å². The second kappa shape index (κ2) is 12.0. The SMILES string of the molecule is CN(C(=O)O)C(C)(C)C[C@H](CC1CCCCC1)C(=O)NN(CCC(N)=O)C(=O)CCl. The van der Waals surface area contributed by atoms with Crippen molar-refractivity contribution in [1.29, 1.82) is 0 Å². The van der Waals surface area contributed by atoms with Gasteiger partial charge in [0.15, 0.2) is 0 Å². The number of carboxylic acid groups (broad SMARTS) is 1. The van der Waals surface area contributed by atoms with Crippen LogP contribution in [0.3, 0.4) is 0 Å². The highest BCUT2D eigenvalue weighted by Crippen LogP contribution is 2.33. The summed E-state index contributed by atoms with van der Waals surface area (Å²) in [6.45, 7) is 3.48. The summed E-state index contributed by atoms with van der Waals surface area (Å²) in [5, 5.41) is 10.4. The van der Waals surface area contributed by atoms with Gasteiger partial charge in [0.05, 0.1) is 6.54 Å². The van der Waals surface area contributed by atoms with E-state index >= 15 is 0 Å². The summed E-state index contributed by atoms with van der Waals surface area (Å²) in [7, 11) is 1.48. The number of alkyl halides is 1. The van der Waals surface area contributed by atoms with E-state index in [1.807, 2.05) is 0 Å². The number of halogens is 1. The quantitative estimate of drug-likeness (QED) is 0.350. The maximum Gasteiger partial charge on any atom is 0.407 e. The van der Waals surface area contributed by atoms with E-state index in [-0.39, 0.29) is 24.8 Å². The molecular weight excluding hydrogens is 412 g/mol. The Morgan fingerprint density at radius 2 is 1.80 bits per heavy atom. The van der Waals surface area contributed by atoms with Crippen LogP contribution in [0.2, 0.25) is 0 Å². The first kappa shape index (κ1) is 26.0. The third-order valence-corrected chi connectivity index (χ3v) is 6.13. The van der Waals surface area contributed by atoms with Crippen LogP contribution in [0.5, 0.6) is 0 Å². The molecule has 172 valence electrons. The summed E-state index contributed by atoms with van der Waals surface area (Å²) in [5.74, 6) is -1.98. The first-order valence-electron chi connectivity index (χ1n) is 10.4. The predicted molar refractivity (Wildman–Crippen MR) is 114 cm³/mol. The zero-order chi connectivity index (χ0) is 22.9. The van der Waals surface area contributed by atoms with Gasteiger partial charge >= 0.3 is 6.09 Å². The van der Waals surface area contributed by atoms with Crippen LogP contribution >= 0.6 is 11.6 Å². The Balaban J connectivity index is 2.98. The molecule has 0 radical (unpaired) electrons. The van der Waals surface area contributed by atoms with Crippen molar-refractivity contribution >= 4 is 35.4 Å². The Kier molecular flexibility index (Phi) is 10.4. The molecule has 1 aliphatic rings. The predicted octanol–water partition coefficient (Wildman–Crippen LogP) is 2.33. The smallest absolute Gasteiger partial charge is 0.407 e. The molecule has 1 saturated carbocycles. The molecule has 0 bridgehead atoms. The Hall–Kier alpha value is -2.03. The lowest BCUT2D eigenvalue weighted by Gasteiger charge is -2.38. The van der Waals surface area contributed by atoms with E-state index in [9.17, 15) is 24.3 Å². The second-order valence-electron chi connectivity index (χ2n) is 8.67. The highest BCUT2D eigenvalue weighted by atomic mass is 35.5. The van der Waals surface area contributed by atoms with Crippen LogP contribution in [0.15, 0.2) is 0 Å². The van der Waals surface area contributed by atoms with Crippen LogP contribution < -0.4 is 11.2 Å². The number of carbonyl (C=O) groups excluding carboxylic acids is 3. The zero-order valence-electron chi connectivity index (χ0n) is 18.2. The van der Waals surface area contributed by atoms with Crippen LogP contribution in [0.1, 0.15) is 65.2 Å². The number of hydrogen-bond acceptors (Lipinski definition) is 4. The standard InChI is InChI=1S/C20H35ClN4O5/c1-20(2,24(3)19(29)30)12-15(11-14-7-5-4-6-8-14)18(28)23-25(17(27)13-21)10-9-16(22)26/h14-15H,4-13H2,1-3H3,(H2,22,26)(H,23,28)(H,29,30)/t15-/m0/s1. The lowest BCUT2D eigenvalue weighted by molar-refractivity contribution is -0.143. The van der Waals surface area contributed by atoms with Crippen LogP contribution in [0.25, 0.3) is 0 Å². The number of hydrazine groups is 1. The highest BCUT2D eigenvalue weighted by molar-refractivity contribution is 6.27. The minimum absolute atomic E-state index is 0.0683. The molecule has 4 amide bonds. The van der Waals surface area contributed by atoms with Gasteiger partial charge in [0.25, 0.3) is 5.91 Å². The molecule has 10 heteroatoms. The molecule has 4 N–H and O–H groups in total. The molecule has 1 atom stereocenters. The number of hydrogen-bond donors (Lipinski definition) is 3. The summed E-state index contributed by atoms with van der Waals surface area (Å²) in [6.07, 6.45) is 5.22. The Bertz CT molecular complexity index is 622. The monoisotopic (exact) mass is 446 g/mol. The van der Waals surface area contributed by atoms with Gasteiger partial charge in [-0.3, -0.25) is 24.8 Å². The number of nitrogens with two attached hydrogens (primary N) is 1. The molecule has 0 unspecified atom stereocenters. The first-order valence-corrected chi connectivity index (χ1v) is 10.9. The van der Waals surface area contributed by atoms with E-state index in [0.29, 0.717) is 18.8 Å². The number of primary amides is 1. The molecule has 1 fully saturated rings. The molecule has 0 aromatic heterocycles. The van der Waals surface area contributed by atoms with Gasteiger partial charge < -0.3 is 15.7 Å². The van der Waals surface area contributed by atoms with E-state index in [2.05, 4.69) is 5.43 Å². The molecule has 1 aliphatic carbocycles. The number of rotatable bonds is 10. The Morgan fingerprint density at radius 1 is 1.20 bits per heavy atom. The van der Waals surface area contributed by atoms with Crippen LogP contribution in [-0.2, 0) is 14.4 Å². The number of carbonyl (C=O) groups is 4. The first-order chi connectivity index (χ1) is 14.0. The molecule has 0 aromatic rings. The lowest BCUT2D eigenvalue weighted by atomic mass is 9.78. The van der Waals surface area contributed by atoms with E-state index in [1.165, 1.54) is 18.4 Å². The summed E-state index contributed by atoms with van der Waals surface area (Å²) in [5.41, 5.74) is 6.97.